The van der Waals surface area contributed by atoms with E-state index in [0.29, 0.717) is 30.3 Å². The highest BCUT2D eigenvalue weighted by Crippen LogP contribution is 2.32. The fourth-order valence-corrected chi connectivity index (χ4v) is 2.59. The van der Waals surface area contributed by atoms with E-state index in [4.69, 9.17) is 9.47 Å². The molecule has 1 aliphatic heterocycles. The fourth-order valence-electron chi connectivity index (χ4n) is 2.59. The average Bonchev–Trinajstić information content (AvgIpc) is 2.66. The largest absolute Gasteiger partial charge is 0.486 e. The first-order valence-electron chi connectivity index (χ1n) is 8.15. The fraction of sp³-hybridized carbons (Fsp3) is 0.211. The number of ether oxygens (including phenoxy) is 2. The second-order valence-corrected chi connectivity index (χ2v) is 5.82. The smallest absolute Gasteiger partial charge is 0.270 e. The summed E-state index contributed by atoms with van der Waals surface area (Å²) < 4.78 is 11.0. The summed E-state index contributed by atoms with van der Waals surface area (Å²) in [4.78, 5) is 22.4. The lowest BCUT2D eigenvalue weighted by molar-refractivity contribution is -0.384. The number of nitrogens with one attached hydrogen (secondary N) is 1. The Morgan fingerprint density at radius 2 is 1.96 bits per heavy atom. The zero-order chi connectivity index (χ0) is 18.5. The molecular weight excluding hydrogens is 336 g/mol. The van der Waals surface area contributed by atoms with Crippen LogP contribution in [0.1, 0.15) is 24.1 Å². The zero-order valence-electron chi connectivity index (χ0n) is 14.2. The molecule has 1 atom stereocenters. The van der Waals surface area contributed by atoms with E-state index in [9.17, 15) is 14.9 Å². The number of amides is 1. The molecular formula is C19H18N2O5. The van der Waals surface area contributed by atoms with Crippen LogP contribution in [0.2, 0.25) is 0 Å². The van der Waals surface area contributed by atoms with Gasteiger partial charge in [-0.2, -0.15) is 0 Å². The SMILES string of the molecule is CC(NC(=O)/C=C/c1cccc([N+](=O)[O-])c1)c1ccc2c(c1)OCCO2. The van der Waals surface area contributed by atoms with Crippen LogP contribution in [0.3, 0.4) is 0 Å². The minimum atomic E-state index is -0.471. The molecule has 0 spiro atoms. The molecule has 0 saturated carbocycles. The Morgan fingerprint density at radius 1 is 1.19 bits per heavy atom. The van der Waals surface area contributed by atoms with Gasteiger partial charge in [0.2, 0.25) is 5.91 Å². The second kappa shape index (κ2) is 7.69. The van der Waals surface area contributed by atoms with Gasteiger partial charge in [0.1, 0.15) is 13.2 Å². The topological polar surface area (TPSA) is 90.7 Å². The molecule has 2 aromatic carbocycles. The highest BCUT2D eigenvalue weighted by atomic mass is 16.6. The summed E-state index contributed by atoms with van der Waals surface area (Å²) in [5.41, 5.74) is 1.46. The number of nitrogens with zero attached hydrogens (tertiary/aromatic N) is 1. The number of nitro benzene ring substituents is 1. The number of non-ortho nitro benzene ring substituents is 1. The maximum absolute atomic E-state index is 12.1. The second-order valence-electron chi connectivity index (χ2n) is 5.82. The van der Waals surface area contributed by atoms with E-state index in [-0.39, 0.29) is 17.6 Å². The quantitative estimate of drug-likeness (QED) is 0.506. The van der Waals surface area contributed by atoms with Crippen LogP contribution in [0, 0.1) is 10.1 Å². The van der Waals surface area contributed by atoms with Crippen molar-refractivity contribution in [3.05, 3.63) is 69.8 Å². The molecule has 0 fully saturated rings. The summed E-state index contributed by atoms with van der Waals surface area (Å²) in [5, 5.41) is 13.6. The van der Waals surface area contributed by atoms with E-state index in [0.717, 1.165) is 5.56 Å². The number of hydrogen-bond acceptors (Lipinski definition) is 5. The van der Waals surface area contributed by atoms with Gasteiger partial charge in [0.05, 0.1) is 11.0 Å². The molecule has 134 valence electrons. The van der Waals surface area contributed by atoms with Crippen molar-refractivity contribution in [2.75, 3.05) is 13.2 Å². The third kappa shape index (κ3) is 4.18. The summed E-state index contributed by atoms with van der Waals surface area (Å²) >= 11 is 0. The number of carbonyl (C=O) groups excluding carboxylic acids is 1. The normalized spacial score (nSPS) is 14.0. The molecule has 7 heteroatoms. The molecule has 2 aromatic rings. The lowest BCUT2D eigenvalue weighted by atomic mass is 10.1. The number of carbonyl (C=O) groups is 1. The number of benzene rings is 2. The summed E-state index contributed by atoms with van der Waals surface area (Å²) in [6.45, 7) is 2.90. The molecule has 0 aromatic heterocycles. The Labute approximate surface area is 150 Å². The molecule has 1 heterocycles. The van der Waals surface area contributed by atoms with Gasteiger partial charge < -0.3 is 14.8 Å². The van der Waals surface area contributed by atoms with Crippen molar-refractivity contribution in [1.82, 2.24) is 5.32 Å². The average molecular weight is 354 g/mol. The van der Waals surface area contributed by atoms with Gasteiger partial charge in [0, 0.05) is 18.2 Å². The highest BCUT2D eigenvalue weighted by molar-refractivity contribution is 5.92. The molecule has 0 bridgehead atoms. The Morgan fingerprint density at radius 3 is 2.73 bits per heavy atom. The summed E-state index contributed by atoms with van der Waals surface area (Å²) in [6, 6.07) is 11.4. The minimum absolute atomic E-state index is 0.0165. The zero-order valence-corrected chi connectivity index (χ0v) is 14.2. The third-order valence-corrected chi connectivity index (χ3v) is 3.93. The van der Waals surface area contributed by atoms with Crippen LogP contribution >= 0.6 is 0 Å². The van der Waals surface area contributed by atoms with Crippen molar-refractivity contribution in [2.45, 2.75) is 13.0 Å². The van der Waals surface area contributed by atoms with Crippen molar-refractivity contribution >= 4 is 17.7 Å². The molecule has 1 amide bonds. The van der Waals surface area contributed by atoms with E-state index < -0.39 is 4.92 Å². The summed E-state index contributed by atoms with van der Waals surface area (Å²) in [5.74, 6) is 1.07. The van der Waals surface area contributed by atoms with Gasteiger partial charge in [-0.15, -0.1) is 0 Å². The standard InChI is InChI=1S/C19H18N2O5/c1-13(15-6-7-17-18(12-15)26-10-9-25-17)20-19(22)8-5-14-3-2-4-16(11-14)21(23)24/h2-8,11-13H,9-10H2,1H3,(H,20,22)/b8-5+. The molecule has 1 unspecified atom stereocenters. The number of nitro groups is 1. The molecule has 0 saturated heterocycles. The number of fused-ring (bicyclic) bond motifs is 1. The maximum Gasteiger partial charge on any atom is 0.270 e. The van der Waals surface area contributed by atoms with E-state index in [1.165, 1.54) is 18.2 Å². The van der Waals surface area contributed by atoms with Crippen LogP contribution in [-0.4, -0.2) is 24.0 Å². The van der Waals surface area contributed by atoms with Gasteiger partial charge in [0.15, 0.2) is 11.5 Å². The van der Waals surface area contributed by atoms with E-state index >= 15 is 0 Å². The first-order valence-corrected chi connectivity index (χ1v) is 8.15. The number of rotatable bonds is 5. The van der Waals surface area contributed by atoms with Gasteiger partial charge in [-0.05, 0) is 36.3 Å². The molecule has 3 rings (SSSR count). The summed E-state index contributed by atoms with van der Waals surface area (Å²) in [7, 11) is 0. The first-order chi connectivity index (χ1) is 12.5. The van der Waals surface area contributed by atoms with Crippen molar-refractivity contribution in [3.8, 4) is 11.5 Å². The predicted molar refractivity (Wildman–Crippen MR) is 96.1 cm³/mol. The van der Waals surface area contributed by atoms with Crippen LogP contribution in [0.5, 0.6) is 11.5 Å². The molecule has 1 N–H and O–H groups in total. The van der Waals surface area contributed by atoms with Crippen molar-refractivity contribution in [1.29, 1.82) is 0 Å². The lowest BCUT2D eigenvalue weighted by Crippen LogP contribution is -2.25. The monoisotopic (exact) mass is 354 g/mol. The Balaban J connectivity index is 1.64. The molecule has 1 aliphatic rings. The number of hydrogen-bond donors (Lipinski definition) is 1. The van der Waals surface area contributed by atoms with Crippen LogP contribution in [0.25, 0.3) is 6.08 Å². The predicted octanol–water partition coefficient (Wildman–Crippen LogP) is 3.26. The Hall–Kier alpha value is -3.35. The molecule has 26 heavy (non-hydrogen) atoms. The van der Waals surface area contributed by atoms with Crippen LogP contribution in [-0.2, 0) is 4.79 Å². The van der Waals surface area contributed by atoms with Crippen LogP contribution < -0.4 is 14.8 Å². The van der Waals surface area contributed by atoms with Gasteiger partial charge in [-0.25, -0.2) is 0 Å². The first kappa shape index (κ1) is 17.5. The third-order valence-electron chi connectivity index (χ3n) is 3.93. The van der Waals surface area contributed by atoms with Crippen molar-refractivity contribution < 1.29 is 19.2 Å². The van der Waals surface area contributed by atoms with E-state index in [2.05, 4.69) is 5.32 Å². The van der Waals surface area contributed by atoms with Gasteiger partial charge in [0.25, 0.3) is 5.69 Å². The minimum Gasteiger partial charge on any atom is -0.486 e. The molecule has 0 radical (unpaired) electrons. The molecule has 7 nitrogen and oxygen atoms in total. The van der Waals surface area contributed by atoms with Gasteiger partial charge in [-0.1, -0.05) is 18.2 Å². The van der Waals surface area contributed by atoms with Crippen molar-refractivity contribution in [3.63, 3.8) is 0 Å². The van der Waals surface area contributed by atoms with E-state index in [1.807, 2.05) is 25.1 Å². The summed E-state index contributed by atoms with van der Waals surface area (Å²) in [6.07, 6.45) is 2.90. The lowest BCUT2D eigenvalue weighted by Gasteiger charge is -2.20. The Bertz CT molecular complexity index is 863. The van der Waals surface area contributed by atoms with E-state index in [1.54, 1.807) is 18.2 Å². The van der Waals surface area contributed by atoms with Crippen LogP contribution in [0.4, 0.5) is 5.69 Å². The Kier molecular flexibility index (Phi) is 5.17. The molecule has 0 aliphatic carbocycles. The van der Waals surface area contributed by atoms with Gasteiger partial charge >= 0.3 is 0 Å². The maximum atomic E-state index is 12.1. The van der Waals surface area contributed by atoms with Gasteiger partial charge in [-0.3, -0.25) is 14.9 Å². The highest BCUT2D eigenvalue weighted by Gasteiger charge is 2.15. The van der Waals surface area contributed by atoms with Crippen molar-refractivity contribution in [2.24, 2.45) is 0 Å². The van der Waals surface area contributed by atoms with Crippen LogP contribution in [0.15, 0.2) is 48.5 Å².